The van der Waals surface area contributed by atoms with Gasteiger partial charge in [-0.3, -0.25) is 33.6 Å². The van der Waals surface area contributed by atoms with Crippen LogP contribution in [0, 0.1) is 34.6 Å². The van der Waals surface area contributed by atoms with E-state index in [9.17, 15) is 39.0 Å². The molecule has 0 unspecified atom stereocenters. The topological polar surface area (TPSA) is 277 Å². The number of ketones is 5. The van der Waals surface area contributed by atoms with Crippen LogP contribution in [-0.4, -0.2) is 142 Å². The predicted molar refractivity (Wildman–Crippen MR) is 456 cm³/mol. The molecule has 5 aliphatic rings. The number of phenolic OH excluding ortho intramolecular Hbond substituents is 1. The van der Waals surface area contributed by atoms with Crippen molar-refractivity contribution in [3.63, 3.8) is 0 Å². The second-order valence-corrected chi connectivity index (χ2v) is 31.9. The number of phenols is 1. The summed E-state index contributed by atoms with van der Waals surface area (Å²) in [7, 11) is 10.8. The van der Waals surface area contributed by atoms with Crippen LogP contribution in [0.1, 0.15) is 196 Å². The van der Waals surface area contributed by atoms with Gasteiger partial charge >= 0.3 is 173 Å². The molecule has 0 spiro atoms. The number of rotatable bonds is 11. The summed E-state index contributed by atoms with van der Waals surface area (Å²) in [5.74, 6) is 2.37. The number of aliphatic hydroxyl groups excluding tert-OH is 1. The van der Waals surface area contributed by atoms with Gasteiger partial charge in [0.25, 0.3) is 11.6 Å². The quantitative estimate of drug-likeness (QED) is 0.0126. The van der Waals surface area contributed by atoms with Crippen molar-refractivity contribution in [2.45, 2.75) is 170 Å². The molecule has 3 N–H and O–H groups in total. The number of thiocarbonyl (C=S) groups is 2. The number of benzene rings is 7. The van der Waals surface area contributed by atoms with Gasteiger partial charge in [0, 0.05) is 148 Å². The number of carbonyl (C=O) groups excluding carboxylic acids is 7. The number of thioether (sulfide) groups is 2. The van der Waals surface area contributed by atoms with Gasteiger partial charge in [-0.25, -0.2) is 9.97 Å². The standard InChI is InChI=1S/C22H22N2OS.C14H17NO2S.C14H17NOS2.C11H12N2O.C11H12O2.C11H12OS.C3H6ClNO.CH2O3.2Cs.Na.H2O.H/c1-16-18-8-5-9-20(25)19(18)10-11-21(16)26-22(14-24-13-12-23-15-24)17-6-3-2-4-7-17;1-9-10-5-4-6-12(16)11(10)7-8-13(9)17-14(18)15(2)3;1-9-10-5-4-6-12(16)11(10)7-8-13(9)18-14(17)15(2)3;14-11(8-13-7-6-12-9-13)10-4-2-1-3-5-10;1-7-8-3-2-4-11(13)9(8)5-6-10(7)12;1-7-8-3-2-4-10(12)9(8)5-6-11(7)13;1-5(2)3(4)6;2-1-4-3;;;;;/h2-4,6-7,10-13,15,22H,5,8-9,14H2,1H3;2*7-8H,4-6H2,1-3H3;1-7,9,11,14H,8H2;5-6,12H,2-4H2,1H3;5-6,13H,2-4H2,1H3;1-2H3;1,3H;;;;1H2;/q;;;;;;;;3*+1;;-1/p-2/t22-;;;11-;;;;;;;;;/m1..0........./s1. The number of ether oxygens (including phenoxy) is 1. The molecule has 602 valence electrons. The number of hydrogen-bond donors (Lipinski definition) is 3. The Kier molecular flexibility index (Phi) is 49.8. The van der Waals surface area contributed by atoms with Gasteiger partial charge in [0.15, 0.2) is 28.9 Å². The molecule has 2 atom stereocenters. The summed E-state index contributed by atoms with van der Waals surface area (Å²) in [5.41, 5.74) is 18.1. The minimum atomic E-state index is -0.467. The Morgan fingerprint density at radius 3 is 1.33 bits per heavy atom. The normalized spacial score (nSPS) is 13.4. The van der Waals surface area contributed by atoms with Crippen LogP contribution in [-0.2, 0) is 54.9 Å². The van der Waals surface area contributed by atoms with Crippen molar-refractivity contribution in [1.29, 1.82) is 0 Å². The summed E-state index contributed by atoms with van der Waals surface area (Å²) in [4.78, 5) is 96.4. The number of amides is 1. The molecule has 116 heavy (non-hydrogen) atoms. The van der Waals surface area contributed by atoms with Crippen LogP contribution in [0.15, 0.2) is 173 Å². The number of aliphatic hydroxyl groups is 1. The zero-order chi connectivity index (χ0) is 81.7. The molecule has 2 aromatic heterocycles. The molecule has 14 rings (SSSR count). The molecule has 5 aliphatic carbocycles. The first-order valence-corrected chi connectivity index (χ1v) is 40.3. The molecule has 0 aliphatic heterocycles. The van der Waals surface area contributed by atoms with Crippen molar-refractivity contribution in [1.82, 2.24) is 33.8 Å². The maximum Gasteiger partial charge on any atom is 1.00 e. The van der Waals surface area contributed by atoms with Crippen LogP contribution in [0.4, 0.5) is 4.79 Å². The van der Waals surface area contributed by atoms with Crippen molar-refractivity contribution < 1.29 is 233 Å². The van der Waals surface area contributed by atoms with Crippen molar-refractivity contribution >= 4 is 122 Å². The molecule has 7 aromatic carbocycles. The molecular formula is C87H101ClCs2N7NaO13S5. The Morgan fingerprint density at radius 1 is 0.552 bits per heavy atom. The SMILES string of the molecule is CN(C)C(=O)Cl.Cc1c(O)ccc2c1CCCC2=O.Cc1c(OC(=S)N(C)C)ccc2c1CCCC2=O.Cc1c(S)ccc2c1CCCC2=O.Cc1c(SC(=S)N(C)C)ccc2c1CCCC2=O.Cc1c(S[C@H](Cn2ccnc2)c2ccccc2)ccc2c1CCCC2=O.O=CO[O-].O[C@@H](Cn1ccnc1)c1ccccc1.[Cs+].[Cs+].[H-].[Na+].[OH-]. The van der Waals surface area contributed by atoms with E-state index >= 15 is 0 Å². The minimum absolute atomic E-state index is 0. The average molecular weight is 1940 g/mol. The van der Waals surface area contributed by atoms with Crippen LogP contribution < -0.4 is 177 Å². The Morgan fingerprint density at radius 2 is 0.922 bits per heavy atom. The second-order valence-electron chi connectivity index (χ2n) is 27.8. The molecule has 0 fully saturated rings. The Bertz CT molecular complexity index is 4600. The van der Waals surface area contributed by atoms with Gasteiger partial charge in [0.2, 0.25) is 0 Å². The number of hydrogen-bond acceptors (Lipinski definition) is 20. The number of aromatic nitrogens is 4. The molecule has 9 aromatic rings. The van der Waals surface area contributed by atoms with Gasteiger partial charge in [0.1, 0.15) is 15.8 Å². The van der Waals surface area contributed by atoms with E-state index < -0.39 is 11.5 Å². The third-order valence-corrected chi connectivity index (χ3v) is 24.0. The number of halogens is 1. The first kappa shape index (κ1) is 106. The number of thiol groups is 1. The number of nitrogens with zero attached hydrogens (tertiary/aromatic N) is 7. The van der Waals surface area contributed by atoms with E-state index in [2.05, 4.69) is 82.3 Å². The van der Waals surface area contributed by atoms with Crippen LogP contribution >= 0.6 is 72.2 Å². The van der Waals surface area contributed by atoms with E-state index in [4.69, 9.17) is 50.8 Å². The van der Waals surface area contributed by atoms with Gasteiger partial charge in [-0.2, -0.15) is 0 Å². The van der Waals surface area contributed by atoms with Gasteiger partial charge in [-0.05, 0) is 238 Å². The fourth-order valence-corrected chi connectivity index (χ4v) is 15.8. The average Bonchev–Trinajstić information content (AvgIpc) is 1.58. The molecule has 1 amide bonds. The van der Waals surface area contributed by atoms with Crippen molar-refractivity contribution in [3.05, 3.63) is 253 Å². The molecule has 20 nitrogen and oxygen atoms in total. The summed E-state index contributed by atoms with van der Waals surface area (Å²) in [6, 6.07) is 39.3. The Balaban J connectivity index is 0.000000468. The number of carbonyl (C=O) groups is 7. The third kappa shape index (κ3) is 32.0. The molecule has 29 heteroatoms. The number of imidazole rings is 2. The van der Waals surface area contributed by atoms with Gasteiger partial charge in [-0.1, -0.05) is 96.8 Å². The molecule has 2 heterocycles. The predicted octanol–water partition coefficient (Wildman–Crippen LogP) is 8.36. The fourth-order valence-electron chi connectivity index (χ4n) is 13.1. The minimum Gasteiger partial charge on any atom is -1.00 e. The zero-order valence-corrected chi connectivity index (χ0v) is 88.3. The van der Waals surface area contributed by atoms with Crippen molar-refractivity contribution in [2.24, 2.45) is 0 Å². The summed E-state index contributed by atoms with van der Waals surface area (Å²) < 4.78 is 10.5. The van der Waals surface area contributed by atoms with Crippen LogP contribution in [0.25, 0.3) is 0 Å². The molecule has 0 radical (unpaired) electrons. The Labute approximate surface area is 853 Å². The first-order valence-electron chi connectivity index (χ1n) is 36.9. The van der Waals surface area contributed by atoms with Gasteiger partial charge < -0.3 is 55.8 Å². The van der Waals surface area contributed by atoms with Crippen LogP contribution in [0.2, 0.25) is 0 Å². The number of Topliss-reactive ketones (excluding diaryl/α,β-unsaturated/α-hetero) is 5. The van der Waals surface area contributed by atoms with Crippen LogP contribution in [0.3, 0.4) is 0 Å². The summed E-state index contributed by atoms with van der Waals surface area (Å²) in [6.07, 6.45) is 23.5. The monoisotopic (exact) mass is 1940 g/mol. The Hall–Kier alpha value is -4.05. The zero-order valence-electron chi connectivity index (χ0n) is 69.8. The first-order chi connectivity index (χ1) is 53.5. The third-order valence-electron chi connectivity index (χ3n) is 19.5. The van der Waals surface area contributed by atoms with Crippen LogP contribution in [0.5, 0.6) is 11.5 Å². The summed E-state index contributed by atoms with van der Waals surface area (Å²) >= 11 is 23.2. The van der Waals surface area contributed by atoms with E-state index in [-0.39, 0.29) is 204 Å². The molecule has 0 saturated heterocycles. The molecular weight excluding hydrogens is 1840 g/mol. The fraction of sp³-hybridized carbons (Fsp3) is 0.345. The number of fused-ring (bicyclic) bond motifs is 5. The smallest absolute Gasteiger partial charge is 1.00 e. The van der Waals surface area contributed by atoms with E-state index in [1.165, 1.54) is 53.6 Å². The largest absolute Gasteiger partial charge is 1.00 e. The summed E-state index contributed by atoms with van der Waals surface area (Å²) in [5, 5.41) is 28.0. The van der Waals surface area contributed by atoms with E-state index in [1.54, 1.807) is 55.4 Å². The summed E-state index contributed by atoms with van der Waals surface area (Å²) in [6.45, 7) is 11.4. The van der Waals surface area contributed by atoms with E-state index in [0.29, 0.717) is 60.6 Å². The van der Waals surface area contributed by atoms with Crippen molar-refractivity contribution in [3.8, 4) is 11.5 Å². The maximum atomic E-state index is 12.2. The molecule has 0 bridgehead atoms. The van der Waals surface area contributed by atoms with E-state index in [1.807, 2.05) is 168 Å². The second kappa shape index (κ2) is 54.5. The van der Waals surface area contributed by atoms with Gasteiger partial charge in [-0.15, -0.1) is 24.4 Å². The maximum absolute atomic E-state index is 12.2. The number of aromatic hydroxyl groups is 1. The molecule has 0 saturated carbocycles. The van der Waals surface area contributed by atoms with Crippen molar-refractivity contribution in [2.75, 3.05) is 42.3 Å². The van der Waals surface area contributed by atoms with Gasteiger partial charge in [0.05, 0.1) is 30.6 Å². The van der Waals surface area contributed by atoms with E-state index in [0.717, 1.165) is 141 Å².